The van der Waals surface area contributed by atoms with E-state index in [1.54, 1.807) is 0 Å². The van der Waals surface area contributed by atoms with Crippen LogP contribution in [0.3, 0.4) is 0 Å². The minimum atomic E-state index is 0.0836. The topological polar surface area (TPSA) is 39.1 Å². The first-order valence-electron chi connectivity index (χ1n) is 7.40. The quantitative estimate of drug-likeness (QED) is 0.916. The van der Waals surface area contributed by atoms with Crippen LogP contribution in [0.25, 0.3) is 11.3 Å². The lowest BCUT2D eigenvalue weighted by molar-refractivity contribution is 0.340. The van der Waals surface area contributed by atoms with Crippen LogP contribution in [0.15, 0.2) is 30.5 Å². The molecular weight excluding hydrogens is 262 g/mol. The number of hydrogen-bond donors (Lipinski definition) is 1. The third kappa shape index (κ3) is 4.33. The molecule has 21 heavy (non-hydrogen) atoms. The highest BCUT2D eigenvalue weighted by molar-refractivity contribution is 5.64. The lowest BCUT2D eigenvalue weighted by Gasteiger charge is -2.20. The first kappa shape index (κ1) is 15.6. The summed E-state index contributed by atoms with van der Waals surface area (Å²) < 4.78 is 7.44. The van der Waals surface area contributed by atoms with Crippen molar-refractivity contribution in [3.8, 4) is 17.0 Å². The summed E-state index contributed by atoms with van der Waals surface area (Å²) in [5, 5.41) is 8.12. The molecule has 0 unspecified atom stereocenters. The van der Waals surface area contributed by atoms with Crippen molar-refractivity contribution in [3.05, 3.63) is 36.0 Å². The number of hydrogen-bond acceptors (Lipinski definition) is 3. The normalized spacial score (nSPS) is 11.7. The Morgan fingerprint density at radius 3 is 2.71 bits per heavy atom. The molecule has 1 N–H and O–H groups in total. The molecular formula is C17H25N3O. The number of aryl methyl sites for hydroxylation is 1. The van der Waals surface area contributed by atoms with Gasteiger partial charge in [0.1, 0.15) is 5.75 Å². The Morgan fingerprint density at radius 1 is 1.29 bits per heavy atom. The second-order valence-corrected chi connectivity index (χ2v) is 6.24. The number of aromatic nitrogens is 2. The van der Waals surface area contributed by atoms with Gasteiger partial charge in [0.25, 0.3) is 0 Å². The van der Waals surface area contributed by atoms with Gasteiger partial charge in [-0.25, -0.2) is 0 Å². The molecule has 0 amide bonds. The standard InChI is InChI=1S/C17H25N3O/c1-6-21-15-9-7-8-13(10-15)16-14(12-20(5)19-16)11-18-17(2,3)4/h7-10,12,18H,6,11H2,1-5H3. The van der Waals surface area contributed by atoms with Crippen LogP contribution in [0, 0.1) is 0 Å². The summed E-state index contributed by atoms with van der Waals surface area (Å²) in [6, 6.07) is 8.11. The largest absolute Gasteiger partial charge is 0.494 e. The fourth-order valence-corrected chi connectivity index (χ4v) is 2.17. The molecule has 4 heteroatoms. The van der Waals surface area contributed by atoms with Crippen molar-refractivity contribution in [3.63, 3.8) is 0 Å². The lowest BCUT2D eigenvalue weighted by Crippen LogP contribution is -2.35. The molecule has 0 radical (unpaired) electrons. The van der Waals surface area contributed by atoms with E-state index in [1.165, 1.54) is 5.56 Å². The van der Waals surface area contributed by atoms with E-state index in [0.717, 1.165) is 23.6 Å². The second-order valence-electron chi connectivity index (χ2n) is 6.24. The molecule has 0 saturated carbocycles. The lowest BCUT2D eigenvalue weighted by atomic mass is 10.1. The van der Waals surface area contributed by atoms with Gasteiger partial charge in [-0.15, -0.1) is 0 Å². The van der Waals surface area contributed by atoms with Gasteiger partial charge in [-0.05, 0) is 39.8 Å². The molecule has 2 rings (SSSR count). The summed E-state index contributed by atoms with van der Waals surface area (Å²) in [6.07, 6.45) is 2.07. The zero-order valence-corrected chi connectivity index (χ0v) is 13.6. The minimum Gasteiger partial charge on any atom is -0.494 e. The Hall–Kier alpha value is -1.81. The highest BCUT2D eigenvalue weighted by Gasteiger charge is 2.14. The fraction of sp³-hybridized carbons (Fsp3) is 0.471. The van der Waals surface area contributed by atoms with Crippen LogP contribution >= 0.6 is 0 Å². The summed E-state index contributed by atoms with van der Waals surface area (Å²) in [5.41, 5.74) is 3.38. The minimum absolute atomic E-state index is 0.0836. The molecule has 0 spiro atoms. The molecule has 114 valence electrons. The van der Waals surface area contributed by atoms with Gasteiger partial charge in [0.2, 0.25) is 0 Å². The maximum atomic E-state index is 5.58. The van der Waals surface area contributed by atoms with Crippen molar-refractivity contribution in [2.75, 3.05) is 6.61 Å². The number of nitrogens with zero attached hydrogens (tertiary/aromatic N) is 2. The van der Waals surface area contributed by atoms with E-state index >= 15 is 0 Å². The summed E-state index contributed by atoms with van der Waals surface area (Å²) in [4.78, 5) is 0. The van der Waals surface area contributed by atoms with E-state index < -0.39 is 0 Å². The van der Waals surface area contributed by atoms with Crippen LogP contribution in [0.4, 0.5) is 0 Å². The van der Waals surface area contributed by atoms with E-state index in [1.807, 2.05) is 36.9 Å². The summed E-state index contributed by atoms with van der Waals surface area (Å²) in [7, 11) is 1.95. The number of ether oxygens (including phenoxy) is 1. The van der Waals surface area contributed by atoms with Crippen LogP contribution in [0.1, 0.15) is 33.3 Å². The van der Waals surface area contributed by atoms with Crippen LogP contribution in [0.2, 0.25) is 0 Å². The zero-order valence-electron chi connectivity index (χ0n) is 13.6. The van der Waals surface area contributed by atoms with Crippen molar-refractivity contribution in [2.45, 2.75) is 39.8 Å². The van der Waals surface area contributed by atoms with Crippen molar-refractivity contribution < 1.29 is 4.74 Å². The van der Waals surface area contributed by atoms with Gasteiger partial charge in [-0.1, -0.05) is 12.1 Å². The summed E-state index contributed by atoms with van der Waals surface area (Å²) in [6.45, 7) is 9.96. The van der Waals surface area contributed by atoms with Gasteiger partial charge in [0.15, 0.2) is 0 Å². The van der Waals surface area contributed by atoms with Gasteiger partial charge < -0.3 is 10.1 Å². The Balaban J connectivity index is 2.28. The van der Waals surface area contributed by atoms with Gasteiger partial charge in [-0.3, -0.25) is 4.68 Å². The SMILES string of the molecule is CCOc1cccc(-c2nn(C)cc2CNC(C)(C)C)c1. The summed E-state index contributed by atoms with van der Waals surface area (Å²) in [5.74, 6) is 0.885. The molecule has 4 nitrogen and oxygen atoms in total. The molecule has 0 aliphatic heterocycles. The van der Waals surface area contributed by atoms with Crippen molar-refractivity contribution >= 4 is 0 Å². The van der Waals surface area contributed by atoms with E-state index in [0.29, 0.717) is 6.61 Å². The fourth-order valence-electron chi connectivity index (χ4n) is 2.17. The molecule has 0 saturated heterocycles. The van der Waals surface area contributed by atoms with Crippen LogP contribution in [-0.4, -0.2) is 21.9 Å². The van der Waals surface area contributed by atoms with Crippen LogP contribution < -0.4 is 10.1 Å². The second kappa shape index (κ2) is 6.31. The molecule has 1 aromatic carbocycles. The number of nitrogens with one attached hydrogen (secondary N) is 1. The number of benzene rings is 1. The van der Waals surface area contributed by atoms with Gasteiger partial charge in [0, 0.05) is 36.5 Å². The first-order valence-corrected chi connectivity index (χ1v) is 7.40. The molecule has 1 aromatic heterocycles. The third-order valence-corrected chi connectivity index (χ3v) is 3.13. The average molecular weight is 287 g/mol. The Morgan fingerprint density at radius 2 is 2.05 bits per heavy atom. The van der Waals surface area contributed by atoms with Gasteiger partial charge in [0.05, 0.1) is 12.3 Å². The zero-order chi connectivity index (χ0) is 15.5. The maximum absolute atomic E-state index is 5.58. The Kier molecular flexibility index (Phi) is 4.68. The first-order chi connectivity index (χ1) is 9.89. The van der Waals surface area contributed by atoms with Gasteiger partial charge >= 0.3 is 0 Å². The monoisotopic (exact) mass is 287 g/mol. The van der Waals surface area contributed by atoms with E-state index in [9.17, 15) is 0 Å². The number of rotatable bonds is 5. The molecule has 0 atom stereocenters. The van der Waals surface area contributed by atoms with E-state index in [-0.39, 0.29) is 5.54 Å². The smallest absolute Gasteiger partial charge is 0.119 e. The molecule has 1 heterocycles. The van der Waals surface area contributed by atoms with Crippen LogP contribution in [-0.2, 0) is 13.6 Å². The molecule has 0 bridgehead atoms. The highest BCUT2D eigenvalue weighted by atomic mass is 16.5. The third-order valence-electron chi connectivity index (χ3n) is 3.13. The summed E-state index contributed by atoms with van der Waals surface area (Å²) >= 11 is 0. The molecule has 0 aliphatic rings. The van der Waals surface area contributed by atoms with Crippen molar-refractivity contribution in [1.82, 2.24) is 15.1 Å². The Bertz CT molecular complexity index is 596. The highest BCUT2D eigenvalue weighted by Crippen LogP contribution is 2.26. The average Bonchev–Trinajstić information content (AvgIpc) is 2.78. The van der Waals surface area contributed by atoms with E-state index in [4.69, 9.17) is 4.74 Å². The van der Waals surface area contributed by atoms with E-state index in [2.05, 4.69) is 43.4 Å². The predicted molar refractivity (Wildman–Crippen MR) is 86.4 cm³/mol. The van der Waals surface area contributed by atoms with Gasteiger partial charge in [-0.2, -0.15) is 5.10 Å². The maximum Gasteiger partial charge on any atom is 0.119 e. The molecule has 0 aliphatic carbocycles. The Labute approximate surface area is 127 Å². The van der Waals surface area contributed by atoms with Crippen LogP contribution in [0.5, 0.6) is 5.75 Å². The van der Waals surface area contributed by atoms with Crippen molar-refractivity contribution in [1.29, 1.82) is 0 Å². The molecule has 0 fully saturated rings. The predicted octanol–water partition coefficient (Wildman–Crippen LogP) is 3.37. The molecule has 2 aromatic rings. The van der Waals surface area contributed by atoms with Crippen molar-refractivity contribution in [2.24, 2.45) is 7.05 Å².